The normalized spacial score (nSPS) is 30.7. The second-order valence-corrected chi connectivity index (χ2v) is 15.7. The molecule has 0 radical (unpaired) electrons. The molecular weight excluding hydrogens is 670 g/mol. The van der Waals surface area contributed by atoms with Crippen LogP contribution in [0.15, 0.2) is 48.6 Å². The maximum absolute atomic E-state index is 13.5. The van der Waals surface area contributed by atoms with E-state index in [1.54, 1.807) is 25.1 Å². The number of esters is 1. The molecule has 5 aliphatic rings. The first-order valence-electron chi connectivity index (χ1n) is 18.5. The summed E-state index contributed by atoms with van der Waals surface area (Å²) in [5.41, 5.74) is 1.22. The van der Waals surface area contributed by atoms with E-state index in [1.807, 2.05) is 18.2 Å². The Morgan fingerprint density at radius 2 is 1.96 bits per heavy atom. The third kappa shape index (κ3) is 7.27. The summed E-state index contributed by atoms with van der Waals surface area (Å²) in [6.07, 6.45) is 9.89. The Morgan fingerprint density at radius 3 is 2.73 bits per heavy atom. The molecule has 2 fully saturated rings. The van der Waals surface area contributed by atoms with Gasteiger partial charge in [0.15, 0.2) is 5.60 Å². The van der Waals surface area contributed by atoms with E-state index in [0.717, 1.165) is 69.0 Å². The van der Waals surface area contributed by atoms with Crippen molar-refractivity contribution < 1.29 is 33.6 Å². The minimum absolute atomic E-state index is 0.0397. The molecule has 10 nitrogen and oxygen atoms in total. The lowest BCUT2D eigenvalue weighted by Gasteiger charge is -2.46. The number of hydrogen-bond donors (Lipinski definition) is 1. The molecule has 0 aromatic heterocycles. The highest BCUT2D eigenvalue weighted by Gasteiger charge is 2.47. The first-order chi connectivity index (χ1) is 24.6. The van der Waals surface area contributed by atoms with Gasteiger partial charge < -0.3 is 33.9 Å². The number of aryl methyl sites for hydroxylation is 1. The summed E-state index contributed by atoms with van der Waals surface area (Å²) >= 11 is 6.48. The number of ether oxygens (including phenoxy) is 4. The SMILES string of the molecule is COC(=O)[C@@]1(O)CC(=O)N(C)CC/C=C/[C@H](OCCN2CC(OC)C2)[C@@H]2CC[C@H]2CN2C[C@@]3(CCCc4cc(Cl)ccc43)COc3ccc1cc32. The first-order valence-corrected chi connectivity index (χ1v) is 18.9. The summed E-state index contributed by atoms with van der Waals surface area (Å²) in [6.45, 7) is 5.80. The number of amides is 1. The molecule has 1 spiro atoms. The third-order valence-electron chi connectivity index (χ3n) is 12.2. The van der Waals surface area contributed by atoms with Crippen LogP contribution in [-0.2, 0) is 41.2 Å². The number of likely N-dealkylation sites (tertiary alicyclic amines) is 1. The van der Waals surface area contributed by atoms with Gasteiger partial charge in [0, 0.05) is 63.9 Å². The van der Waals surface area contributed by atoms with E-state index in [9.17, 15) is 14.7 Å². The fourth-order valence-electron chi connectivity index (χ4n) is 8.84. The number of methoxy groups -OCH3 is 2. The number of carbonyl (C=O) groups is 2. The zero-order chi connectivity index (χ0) is 35.8. The van der Waals surface area contributed by atoms with Gasteiger partial charge in [0.1, 0.15) is 5.75 Å². The van der Waals surface area contributed by atoms with Crippen molar-refractivity contribution >= 4 is 29.2 Å². The van der Waals surface area contributed by atoms with Crippen LogP contribution >= 0.6 is 11.6 Å². The van der Waals surface area contributed by atoms with Crippen molar-refractivity contribution in [1.29, 1.82) is 0 Å². The van der Waals surface area contributed by atoms with E-state index in [0.29, 0.717) is 62.0 Å². The first kappa shape index (κ1) is 36.2. The average Bonchev–Trinajstić information content (AvgIpc) is 3.24. The van der Waals surface area contributed by atoms with E-state index >= 15 is 0 Å². The van der Waals surface area contributed by atoms with E-state index in [-0.39, 0.29) is 17.4 Å². The van der Waals surface area contributed by atoms with Crippen molar-refractivity contribution in [1.82, 2.24) is 9.80 Å². The molecule has 2 aromatic rings. The summed E-state index contributed by atoms with van der Waals surface area (Å²) in [7, 11) is 4.71. The largest absolute Gasteiger partial charge is 0.490 e. The second-order valence-electron chi connectivity index (χ2n) is 15.3. The lowest BCUT2D eigenvalue weighted by molar-refractivity contribution is -0.168. The van der Waals surface area contributed by atoms with Crippen LogP contribution in [0.3, 0.4) is 0 Å². The molecule has 3 heterocycles. The topological polar surface area (TPSA) is 101 Å². The van der Waals surface area contributed by atoms with Gasteiger partial charge in [0.2, 0.25) is 5.91 Å². The lowest BCUT2D eigenvalue weighted by Crippen LogP contribution is -2.53. The van der Waals surface area contributed by atoms with Crippen LogP contribution in [0.5, 0.6) is 5.75 Å². The number of benzene rings is 2. The van der Waals surface area contributed by atoms with Crippen LogP contribution in [0.4, 0.5) is 5.69 Å². The molecular formula is C40H52ClN3O7. The summed E-state index contributed by atoms with van der Waals surface area (Å²) in [6, 6.07) is 11.6. The van der Waals surface area contributed by atoms with Crippen LogP contribution in [0, 0.1) is 11.8 Å². The number of anilines is 1. The van der Waals surface area contributed by atoms with Crippen molar-refractivity contribution in [2.45, 2.75) is 68.2 Å². The maximum atomic E-state index is 13.5. The zero-order valence-electron chi connectivity index (χ0n) is 30.2. The summed E-state index contributed by atoms with van der Waals surface area (Å²) < 4.78 is 23.9. The Balaban J connectivity index is 1.25. The maximum Gasteiger partial charge on any atom is 0.343 e. The van der Waals surface area contributed by atoms with Crippen LogP contribution in [0.1, 0.15) is 55.2 Å². The Morgan fingerprint density at radius 1 is 1.12 bits per heavy atom. The molecule has 276 valence electrons. The van der Waals surface area contributed by atoms with Crippen molar-refractivity contribution in [2.24, 2.45) is 11.8 Å². The van der Waals surface area contributed by atoms with Gasteiger partial charge in [-0.05, 0) is 91.3 Å². The molecule has 51 heavy (non-hydrogen) atoms. The molecule has 1 amide bonds. The summed E-state index contributed by atoms with van der Waals surface area (Å²) in [4.78, 5) is 33.2. The van der Waals surface area contributed by atoms with Crippen LogP contribution in [-0.4, -0.2) is 113 Å². The predicted octanol–water partition coefficient (Wildman–Crippen LogP) is 4.72. The summed E-state index contributed by atoms with van der Waals surface area (Å²) in [5, 5.41) is 12.8. The predicted molar refractivity (Wildman–Crippen MR) is 195 cm³/mol. The van der Waals surface area contributed by atoms with Crippen molar-refractivity contribution in [2.75, 3.05) is 78.6 Å². The van der Waals surface area contributed by atoms with Crippen LogP contribution in [0.25, 0.3) is 0 Å². The molecule has 2 bridgehead atoms. The molecule has 11 heteroatoms. The fraction of sp³-hybridized carbons (Fsp3) is 0.600. The highest BCUT2D eigenvalue weighted by atomic mass is 35.5. The minimum Gasteiger partial charge on any atom is -0.490 e. The molecule has 2 aromatic carbocycles. The Labute approximate surface area is 306 Å². The minimum atomic E-state index is -2.16. The van der Waals surface area contributed by atoms with Gasteiger partial charge in [0.05, 0.1) is 44.6 Å². The van der Waals surface area contributed by atoms with Crippen molar-refractivity contribution in [3.05, 3.63) is 70.3 Å². The number of hydrogen-bond acceptors (Lipinski definition) is 9. The van der Waals surface area contributed by atoms with E-state index in [1.165, 1.54) is 18.2 Å². The van der Waals surface area contributed by atoms with E-state index in [4.69, 9.17) is 30.5 Å². The van der Waals surface area contributed by atoms with E-state index in [2.05, 4.69) is 34.1 Å². The quantitative estimate of drug-likeness (QED) is 0.336. The van der Waals surface area contributed by atoms with Gasteiger partial charge in [0.25, 0.3) is 0 Å². The number of rotatable bonds is 6. The molecule has 1 saturated carbocycles. The van der Waals surface area contributed by atoms with Gasteiger partial charge in [-0.2, -0.15) is 0 Å². The average molecular weight is 722 g/mol. The van der Waals surface area contributed by atoms with Gasteiger partial charge in [-0.25, -0.2) is 4.79 Å². The number of halogens is 1. The number of nitrogens with zero attached hydrogens (tertiary/aromatic N) is 3. The molecule has 2 aliphatic carbocycles. The third-order valence-corrected chi connectivity index (χ3v) is 12.4. The van der Waals surface area contributed by atoms with Gasteiger partial charge >= 0.3 is 5.97 Å². The molecule has 5 atom stereocenters. The number of fused-ring (bicyclic) bond motifs is 4. The number of carbonyl (C=O) groups excluding carboxylic acids is 2. The van der Waals surface area contributed by atoms with Crippen LogP contribution < -0.4 is 9.64 Å². The Bertz CT molecular complexity index is 1630. The lowest BCUT2D eigenvalue weighted by atomic mass is 9.68. The molecule has 1 N–H and O–H groups in total. The molecule has 7 rings (SSSR count). The fourth-order valence-corrected chi connectivity index (χ4v) is 9.03. The van der Waals surface area contributed by atoms with Crippen molar-refractivity contribution in [3.63, 3.8) is 0 Å². The Hall–Kier alpha value is -3.15. The van der Waals surface area contributed by atoms with Gasteiger partial charge in [-0.3, -0.25) is 9.69 Å². The Kier molecular flexibility index (Phi) is 10.7. The zero-order valence-corrected chi connectivity index (χ0v) is 30.9. The number of aliphatic hydroxyl groups is 1. The molecule has 1 saturated heterocycles. The van der Waals surface area contributed by atoms with Crippen LogP contribution in [0.2, 0.25) is 5.02 Å². The second kappa shape index (κ2) is 15.1. The standard InChI is InChI=1S/C40H52ClN3O7/c1-42-16-5-4-8-35(50-18-17-43-23-31(24-43)48-2)32-12-9-28(32)22-44-25-39(15-6-7-27-19-30(41)11-13-33(27)39)26-51-36-14-10-29(20-34(36)44)40(47,21-37(42)45)38(46)49-3/h4,8,10-11,13-14,19-20,28,31-32,35,47H,5-7,9,12,15-18,21-26H2,1-3H3/b8-4+/t28-,32+,35-,39-,40+/m0/s1. The van der Waals surface area contributed by atoms with Crippen molar-refractivity contribution in [3.8, 4) is 5.75 Å². The monoisotopic (exact) mass is 721 g/mol. The smallest absolute Gasteiger partial charge is 0.343 e. The van der Waals surface area contributed by atoms with Gasteiger partial charge in [-0.15, -0.1) is 0 Å². The van der Waals surface area contributed by atoms with E-state index < -0.39 is 18.0 Å². The highest BCUT2D eigenvalue weighted by Crippen LogP contribution is 2.48. The highest BCUT2D eigenvalue weighted by molar-refractivity contribution is 6.30. The molecule has 3 aliphatic heterocycles. The summed E-state index contributed by atoms with van der Waals surface area (Å²) in [5.74, 6) is 0.168. The molecule has 0 unspecified atom stereocenters. The van der Waals surface area contributed by atoms with Gasteiger partial charge in [-0.1, -0.05) is 35.9 Å².